The van der Waals surface area contributed by atoms with Crippen LogP contribution in [0.4, 0.5) is 0 Å². The Hall–Kier alpha value is -0.860. The van der Waals surface area contributed by atoms with E-state index in [4.69, 9.17) is 9.47 Å². The average molecular weight is 449 g/mol. The minimum absolute atomic E-state index is 0. The van der Waals surface area contributed by atoms with Crippen LogP contribution in [-0.2, 0) is 22.6 Å². The largest absolute Gasteiger partial charge is 0.380 e. The van der Waals surface area contributed by atoms with E-state index >= 15 is 0 Å². The lowest BCUT2D eigenvalue weighted by atomic mass is 10.1. The molecule has 1 aromatic carbocycles. The molecule has 0 heterocycles. The highest BCUT2D eigenvalue weighted by molar-refractivity contribution is 14.0. The molecule has 1 rings (SSSR count). The molecule has 0 bridgehead atoms. The molecule has 0 saturated heterocycles. The number of ether oxygens (including phenoxy) is 2. The molecule has 0 radical (unpaired) electrons. The molecule has 5 nitrogen and oxygen atoms in total. The van der Waals surface area contributed by atoms with Crippen LogP contribution in [0.3, 0.4) is 0 Å². The van der Waals surface area contributed by atoms with Crippen molar-refractivity contribution in [3.63, 3.8) is 0 Å². The Balaban J connectivity index is 0.00000529. The van der Waals surface area contributed by atoms with E-state index in [2.05, 4.69) is 41.6 Å². The van der Waals surface area contributed by atoms with Gasteiger partial charge in [-0.05, 0) is 31.4 Å². The molecule has 1 aromatic rings. The van der Waals surface area contributed by atoms with E-state index in [0.717, 1.165) is 38.7 Å². The first-order chi connectivity index (χ1) is 11.3. The maximum absolute atomic E-state index is 5.66. The number of halogens is 1. The molecule has 0 aliphatic heterocycles. The molecule has 0 aliphatic carbocycles. The number of guanidine groups is 1. The zero-order chi connectivity index (χ0) is 16.8. The fourth-order valence-corrected chi connectivity index (χ4v) is 2.07. The summed E-state index contributed by atoms with van der Waals surface area (Å²) in [6, 6.07) is 8.31. The van der Waals surface area contributed by atoms with Crippen LogP contribution in [0.1, 0.15) is 38.3 Å². The lowest BCUT2D eigenvalue weighted by Crippen LogP contribution is -2.39. The number of rotatable bonds is 11. The second-order valence-electron chi connectivity index (χ2n) is 5.14. The highest BCUT2D eigenvalue weighted by Crippen LogP contribution is 2.11. The Morgan fingerprint density at radius 2 is 1.75 bits per heavy atom. The minimum Gasteiger partial charge on any atom is -0.380 e. The molecule has 0 fully saturated rings. The number of hydrogen-bond donors (Lipinski definition) is 2. The van der Waals surface area contributed by atoms with Gasteiger partial charge in [-0.25, -0.2) is 4.99 Å². The monoisotopic (exact) mass is 449 g/mol. The topological polar surface area (TPSA) is 54.9 Å². The van der Waals surface area contributed by atoms with Crippen molar-refractivity contribution < 1.29 is 9.47 Å². The maximum atomic E-state index is 5.66. The van der Waals surface area contributed by atoms with Gasteiger partial charge in [0.1, 0.15) is 0 Å². The summed E-state index contributed by atoms with van der Waals surface area (Å²) in [6.45, 7) is 11.3. The van der Waals surface area contributed by atoms with Gasteiger partial charge in [0.25, 0.3) is 0 Å². The van der Waals surface area contributed by atoms with Gasteiger partial charge in [-0.2, -0.15) is 0 Å². The van der Waals surface area contributed by atoms with Gasteiger partial charge < -0.3 is 20.1 Å². The fraction of sp³-hybridized carbons (Fsp3) is 0.611. The Kier molecular flexibility index (Phi) is 15.1. The summed E-state index contributed by atoms with van der Waals surface area (Å²) in [7, 11) is 0. The Labute approximate surface area is 163 Å². The van der Waals surface area contributed by atoms with Gasteiger partial charge in [-0.15, -0.1) is 24.0 Å². The van der Waals surface area contributed by atoms with Crippen molar-refractivity contribution >= 4 is 29.9 Å². The molecule has 24 heavy (non-hydrogen) atoms. The van der Waals surface area contributed by atoms with E-state index < -0.39 is 0 Å². The molecule has 138 valence electrons. The average Bonchev–Trinajstić information content (AvgIpc) is 2.57. The van der Waals surface area contributed by atoms with Crippen molar-refractivity contribution in [1.29, 1.82) is 0 Å². The Bertz CT molecular complexity index is 456. The lowest BCUT2D eigenvalue weighted by molar-refractivity contribution is 0.121. The fourth-order valence-electron chi connectivity index (χ4n) is 2.07. The zero-order valence-corrected chi connectivity index (χ0v) is 17.5. The molecule has 6 heteroatoms. The predicted molar refractivity (Wildman–Crippen MR) is 111 cm³/mol. The van der Waals surface area contributed by atoms with Gasteiger partial charge in [0.15, 0.2) is 5.96 Å². The van der Waals surface area contributed by atoms with Crippen LogP contribution in [0, 0.1) is 0 Å². The van der Waals surface area contributed by atoms with Crippen molar-refractivity contribution in [2.75, 3.05) is 32.9 Å². The summed E-state index contributed by atoms with van der Waals surface area (Å²) in [5, 5.41) is 6.53. The third-order valence-corrected chi connectivity index (χ3v) is 3.22. The van der Waals surface area contributed by atoms with E-state index in [-0.39, 0.29) is 24.0 Å². The van der Waals surface area contributed by atoms with Crippen LogP contribution in [-0.4, -0.2) is 38.9 Å². The number of nitrogens with zero attached hydrogens (tertiary/aromatic N) is 1. The summed E-state index contributed by atoms with van der Waals surface area (Å²) < 4.78 is 11.0. The molecular formula is C18H32IN3O2. The van der Waals surface area contributed by atoms with Crippen molar-refractivity contribution in [3.05, 3.63) is 35.4 Å². The van der Waals surface area contributed by atoms with Gasteiger partial charge in [0.05, 0.1) is 19.8 Å². The quantitative estimate of drug-likeness (QED) is 0.236. The van der Waals surface area contributed by atoms with E-state index in [9.17, 15) is 0 Å². The molecule has 2 N–H and O–H groups in total. The molecule has 0 spiro atoms. The first kappa shape index (κ1) is 23.1. The Morgan fingerprint density at radius 3 is 2.42 bits per heavy atom. The normalized spacial score (nSPS) is 11.0. The van der Waals surface area contributed by atoms with Gasteiger partial charge in [-0.1, -0.05) is 31.2 Å². The second kappa shape index (κ2) is 15.7. The highest BCUT2D eigenvalue weighted by Gasteiger charge is 2.03. The molecule has 0 saturated carbocycles. The zero-order valence-electron chi connectivity index (χ0n) is 15.1. The van der Waals surface area contributed by atoms with Crippen molar-refractivity contribution in [2.24, 2.45) is 4.99 Å². The second-order valence-corrected chi connectivity index (χ2v) is 5.14. The van der Waals surface area contributed by atoms with E-state index in [1.807, 2.05) is 19.1 Å². The SMILES string of the molecule is CCCOCc1ccccc1CN=C(NCC)NCCOCC.I. The van der Waals surface area contributed by atoms with E-state index in [1.54, 1.807) is 0 Å². The minimum atomic E-state index is 0. The molecule has 0 aromatic heterocycles. The lowest BCUT2D eigenvalue weighted by Gasteiger charge is -2.12. The first-order valence-corrected chi connectivity index (χ1v) is 8.56. The summed E-state index contributed by atoms with van der Waals surface area (Å²) in [5.41, 5.74) is 2.40. The van der Waals surface area contributed by atoms with E-state index in [0.29, 0.717) is 19.8 Å². The number of benzene rings is 1. The van der Waals surface area contributed by atoms with Crippen LogP contribution < -0.4 is 10.6 Å². The summed E-state index contributed by atoms with van der Waals surface area (Å²) in [6.07, 6.45) is 1.04. The van der Waals surface area contributed by atoms with Gasteiger partial charge in [0, 0.05) is 26.3 Å². The van der Waals surface area contributed by atoms with Crippen molar-refractivity contribution in [1.82, 2.24) is 10.6 Å². The predicted octanol–water partition coefficient (Wildman–Crippen LogP) is 3.32. The third kappa shape index (κ3) is 10.1. The van der Waals surface area contributed by atoms with Crippen LogP contribution in [0.25, 0.3) is 0 Å². The molecule has 0 amide bonds. The smallest absolute Gasteiger partial charge is 0.191 e. The molecule has 0 unspecified atom stereocenters. The molecular weight excluding hydrogens is 417 g/mol. The molecule has 0 atom stereocenters. The van der Waals surface area contributed by atoms with Crippen molar-refractivity contribution in [2.45, 2.75) is 40.3 Å². The van der Waals surface area contributed by atoms with Crippen LogP contribution in [0.2, 0.25) is 0 Å². The first-order valence-electron chi connectivity index (χ1n) is 8.56. The van der Waals surface area contributed by atoms with Gasteiger partial charge in [0.2, 0.25) is 0 Å². The number of nitrogens with one attached hydrogen (secondary N) is 2. The van der Waals surface area contributed by atoms with Crippen molar-refractivity contribution in [3.8, 4) is 0 Å². The standard InChI is InChI=1S/C18H31N3O2.HI/c1-4-12-23-15-17-10-8-7-9-16(17)14-21-18(19-5-2)20-11-13-22-6-3;/h7-10H,4-6,11-15H2,1-3H3,(H2,19,20,21);1H. The highest BCUT2D eigenvalue weighted by atomic mass is 127. The summed E-state index contributed by atoms with van der Waals surface area (Å²) in [4.78, 5) is 4.65. The molecule has 0 aliphatic rings. The van der Waals surface area contributed by atoms with E-state index in [1.165, 1.54) is 11.1 Å². The summed E-state index contributed by atoms with van der Waals surface area (Å²) >= 11 is 0. The summed E-state index contributed by atoms with van der Waals surface area (Å²) in [5.74, 6) is 0.816. The van der Waals surface area contributed by atoms with Crippen LogP contribution in [0.15, 0.2) is 29.3 Å². The van der Waals surface area contributed by atoms with Crippen LogP contribution in [0.5, 0.6) is 0 Å². The number of hydrogen-bond acceptors (Lipinski definition) is 3. The maximum Gasteiger partial charge on any atom is 0.191 e. The third-order valence-electron chi connectivity index (χ3n) is 3.22. The van der Waals surface area contributed by atoms with Gasteiger partial charge in [-0.3, -0.25) is 0 Å². The van der Waals surface area contributed by atoms with Crippen LogP contribution >= 0.6 is 24.0 Å². The van der Waals surface area contributed by atoms with Gasteiger partial charge >= 0.3 is 0 Å². The Morgan fingerprint density at radius 1 is 1.00 bits per heavy atom. The number of aliphatic imine (C=N–C) groups is 1.